The van der Waals surface area contributed by atoms with Gasteiger partial charge in [-0.25, -0.2) is 0 Å². The Morgan fingerprint density at radius 2 is 2.04 bits per heavy atom. The Morgan fingerprint density at radius 3 is 2.71 bits per heavy atom. The number of nitrogens with zero attached hydrogens (tertiary/aromatic N) is 4. The number of imide groups is 1. The van der Waals surface area contributed by atoms with E-state index in [-0.39, 0.29) is 17.1 Å². The van der Waals surface area contributed by atoms with Crippen molar-refractivity contribution in [2.24, 2.45) is 7.05 Å². The van der Waals surface area contributed by atoms with Crippen LogP contribution >= 0.6 is 23.4 Å². The van der Waals surface area contributed by atoms with Crippen LogP contribution in [0.15, 0.2) is 35.7 Å². The number of hydrogen-bond acceptors (Lipinski definition) is 5. The van der Waals surface area contributed by atoms with Crippen LogP contribution < -0.4 is 0 Å². The fraction of sp³-hybridized carbons (Fsp3) is 0.375. The zero-order valence-corrected chi connectivity index (χ0v) is 14.8. The quantitative estimate of drug-likeness (QED) is 0.783. The molecule has 0 radical (unpaired) electrons. The average Bonchev–Trinajstić information content (AvgIpc) is 2.88. The fourth-order valence-electron chi connectivity index (χ4n) is 2.57. The molecule has 1 aliphatic rings. The topological polar surface area (TPSA) is 68.1 Å². The molecule has 126 valence electrons. The van der Waals surface area contributed by atoms with Crippen molar-refractivity contribution in [3.05, 3.63) is 41.2 Å². The fourth-order valence-corrected chi connectivity index (χ4v) is 3.77. The first kappa shape index (κ1) is 17.0. The smallest absolute Gasteiger partial charge is 0.260 e. The van der Waals surface area contributed by atoms with Crippen LogP contribution in [0.3, 0.4) is 0 Å². The van der Waals surface area contributed by atoms with Gasteiger partial charge in [-0.1, -0.05) is 29.8 Å². The highest BCUT2D eigenvalue weighted by Crippen LogP contribution is 2.29. The Balaban J connectivity index is 1.79. The molecule has 1 aromatic carbocycles. The number of rotatable bonds is 3. The number of likely N-dealkylation sites (tertiary alicyclic amines) is 1. The van der Waals surface area contributed by atoms with Crippen molar-refractivity contribution in [3.63, 3.8) is 0 Å². The molecule has 1 saturated heterocycles. The predicted molar refractivity (Wildman–Crippen MR) is 92.0 cm³/mol. The van der Waals surface area contributed by atoms with E-state index in [2.05, 4.69) is 10.2 Å². The summed E-state index contributed by atoms with van der Waals surface area (Å²) in [4.78, 5) is 26.9. The minimum Gasteiger partial charge on any atom is -0.312 e. The molecule has 1 aliphatic heterocycles. The Morgan fingerprint density at radius 1 is 1.29 bits per heavy atom. The van der Waals surface area contributed by atoms with Gasteiger partial charge >= 0.3 is 0 Å². The van der Waals surface area contributed by atoms with Crippen molar-refractivity contribution in [2.75, 3.05) is 6.54 Å². The van der Waals surface area contributed by atoms with Gasteiger partial charge in [0.1, 0.15) is 6.33 Å². The molecule has 0 spiro atoms. The third-order valence-electron chi connectivity index (χ3n) is 3.89. The van der Waals surface area contributed by atoms with Gasteiger partial charge in [-0.15, -0.1) is 10.2 Å². The number of amides is 2. The van der Waals surface area contributed by atoms with Crippen LogP contribution in [0.4, 0.5) is 0 Å². The monoisotopic (exact) mass is 364 g/mol. The van der Waals surface area contributed by atoms with E-state index in [1.165, 1.54) is 16.7 Å². The van der Waals surface area contributed by atoms with Crippen LogP contribution in [-0.2, 0) is 11.8 Å². The summed E-state index contributed by atoms with van der Waals surface area (Å²) in [5.74, 6) is -0.442. The summed E-state index contributed by atoms with van der Waals surface area (Å²) in [5.41, 5.74) is 0.469. The molecule has 0 saturated carbocycles. The van der Waals surface area contributed by atoms with Crippen molar-refractivity contribution in [1.29, 1.82) is 0 Å². The highest BCUT2D eigenvalue weighted by atomic mass is 35.5. The largest absolute Gasteiger partial charge is 0.312 e. The van der Waals surface area contributed by atoms with E-state index in [0.717, 1.165) is 19.3 Å². The van der Waals surface area contributed by atoms with E-state index >= 15 is 0 Å². The van der Waals surface area contributed by atoms with Gasteiger partial charge in [0.15, 0.2) is 5.16 Å². The predicted octanol–water partition coefficient (Wildman–Crippen LogP) is 2.78. The second-order valence-corrected chi connectivity index (χ2v) is 7.23. The Labute approximate surface area is 149 Å². The van der Waals surface area contributed by atoms with E-state index in [0.29, 0.717) is 22.3 Å². The minimum atomic E-state index is -0.327. The number of carbonyl (C=O) groups is 2. The highest BCUT2D eigenvalue weighted by molar-refractivity contribution is 8.00. The summed E-state index contributed by atoms with van der Waals surface area (Å²) in [7, 11) is 1.83. The van der Waals surface area contributed by atoms with Crippen LogP contribution in [-0.4, -0.2) is 43.3 Å². The van der Waals surface area contributed by atoms with Crippen LogP contribution in [0.1, 0.15) is 29.6 Å². The Hall–Kier alpha value is -1.86. The number of benzene rings is 1. The van der Waals surface area contributed by atoms with Crippen molar-refractivity contribution in [2.45, 2.75) is 29.7 Å². The maximum atomic E-state index is 12.9. The number of hydrogen-bond donors (Lipinski definition) is 0. The minimum absolute atomic E-state index is 0.166. The number of aryl methyl sites for hydroxylation is 1. The lowest BCUT2D eigenvalue weighted by molar-refractivity contribution is -0.127. The summed E-state index contributed by atoms with van der Waals surface area (Å²) in [6.45, 7) is 0.441. The van der Waals surface area contributed by atoms with Crippen LogP contribution in [0, 0.1) is 0 Å². The van der Waals surface area contributed by atoms with Gasteiger partial charge in [0, 0.05) is 24.2 Å². The summed E-state index contributed by atoms with van der Waals surface area (Å²) < 4.78 is 1.77. The first-order valence-electron chi connectivity index (χ1n) is 7.68. The number of thioether (sulfide) groups is 1. The lowest BCUT2D eigenvalue weighted by Gasteiger charge is -2.22. The Kier molecular flexibility index (Phi) is 5.20. The van der Waals surface area contributed by atoms with Gasteiger partial charge < -0.3 is 4.57 Å². The van der Waals surface area contributed by atoms with Crippen molar-refractivity contribution >= 4 is 35.2 Å². The van der Waals surface area contributed by atoms with Gasteiger partial charge in [-0.2, -0.15) is 0 Å². The molecule has 24 heavy (non-hydrogen) atoms. The maximum Gasteiger partial charge on any atom is 0.260 e. The molecule has 3 rings (SSSR count). The van der Waals surface area contributed by atoms with E-state index in [1.807, 2.05) is 7.05 Å². The second-order valence-electron chi connectivity index (χ2n) is 5.63. The van der Waals surface area contributed by atoms with Crippen LogP contribution in [0.5, 0.6) is 0 Å². The first-order chi connectivity index (χ1) is 11.6. The van der Waals surface area contributed by atoms with Crippen molar-refractivity contribution in [3.8, 4) is 0 Å². The van der Waals surface area contributed by atoms with E-state index in [1.54, 1.807) is 35.2 Å². The molecule has 1 atom stereocenters. The summed E-state index contributed by atoms with van der Waals surface area (Å²) >= 11 is 7.23. The van der Waals surface area contributed by atoms with E-state index in [9.17, 15) is 9.59 Å². The van der Waals surface area contributed by atoms with E-state index in [4.69, 9.17) is 11.6 Å². The molecular formula is C16H17ClN4O2S. The third kappa shape index (κ3) is 3.62. The molecule has 0 N–H and O–H groups in total. The number of halogens is 1. The maximum absolute atomic E-state index is 12.9. The molecule has 2 heterocycles. The van der Waals surface area contributed by atoms with E-state index < -0.39 is 0 Å². The second kappa shape index (κ2) is 7.36. The lowest BCUT2D eigenvalue weighted by Crippen LogP contribution is -2.41. The van der Waals surface area contributed by atoms with Gasteiger partial charge in [-0.05, 0) is 37.1 Å². The van der Waals surface area contributed by atoms with Gasteiger partial charge in [0.2, 0.25) is 5.91 Å². The molecule has 8 heteroatoms. The summed E-state index contributed by atoms with van der Waals surface area (Å²) in [6, 6.07) is 6.60. The SMILES string of the molecule is Cn1cnnc1S[C@@H]1CCCCN(C(=O)c2ccc(Cl)cc2)C1=O. The van der Waals surface area contributed by atoms with Crippen LogP contribution in [0.2, 0.25) is 5.02 Å². The molecule has 1 fully saturated rings. The van der Waals surface area contributed by atoms with Crippen LogP contribution in [0.25, 0.3) is 0 Å². The molecule has 6 nitrogen and oxygen atoms in total. The molecule has 0 bridgehead atoms. The van der Waals surface area contributed by atoms with Crippen molar-refractivity contribution < 1.29 is 9.59 Å². The number of carbonyl (C=O) groups excluding carboxylic acids is 2. The zero-order chi connectivity index (χ0) is 17.1. The average molecular weight is 365 g/mol. The standard InChI is InChI=1S/C16H17ClN4O2S/c1-20-10-18-19-16(20)24-13-4-2-3-9-21(15(13)23)14(22)11-5-7-12(17)8-6-11/h5-8,10,13H,2-4,9H2,1H3/t13-/m1/s1. The number of aromatic nitrogens is 3. The van der Waals surface area contributed by atoms with Gasteiger partial charge in [0.25, 0.3) is 5.91 Å². The summed E-state index contributed by atoms with van der Waals surface area (Å²) in [6.07, 6.45) is 4.02. The normalized spacial score (nSPS) is 18.5. The molecule has 0 aliphatic carbocycles. The van der Waals surface area contributed by atoms with Crippen molar-refractivity contribution in [1.82, 2.24) is 19.7 Å². The molecule has 1 aromatic heterocycles. The van der Waals surface area contributed by atoms with Gasteiger partial charge in [-0.3, -0.25) is 14.5 Å². The zero-order valence-electron chi connectivity index (χ0n) is 13.2. The molecule has 2 aromatic rings. The highest BCUT2D eigenvalue weighted by Gasteiger charge is 2.33. The molecule has 0 unspecified atom stereocenters. The molecule has 2 amide bonds. The molecular weight excluding hydrogens is 348 g/mol. The van der Waals surface area contributed by atoms with Gasteiger partial charge in [0.05, 0.1) is 5.25 Å². The summed E-state index contributed by atoms with van der Waals surface area (Å²) in [5, 5.41) is 8.76. The lowest BCUT2D eigenvalue weighted by atomic mass is 10.2. The Bertz CT molecular complexity index is 747. The third-order valence-corrected chi connectivity index (χ3v) is 5.45. The first-order valence-corrected chi connectivity index (χ1v) is 8.94.